The molecule has 0 aliphatic carbocycles. The van der Waals surface area contributed by atoms with Crippen LogP contribution in [0.15, 0.2) is 59.4 Å². The number of rotatable bonds is 8. The maximum absolute atomic E-state index is 12.1. The van der Waals surface area contributed by atoms with E-state index in [2.05, 4.69) is 10.4 Å². The van der Waals surface area contributed by atoms with Crippen LogP contribution in [0, 0.1) is 6.92 Å². The van der Waals surface area contributed by atoms with Gasteiger partial charge in [-0.1, -0.05) is 29.8 Å². The zero-order valence-electron chi connectivity index (χ0n) is 16.7. The Kier molecular flexibility index (Phi) is 7.08. The van der Waals surface area contributed by atoms with Gasteiger partial charge in [-0.05, 0) is 42.8 Å². The normalized spacial score (nSPS) is 10.5. The van der Waals surface area contributed by atoms with E-state index in [-0.39, 0.29) is 31.2 Å². The highest BCUT2D eigenvalue weighted by Crippen LogP contribution is 2.25. The summed E-state index contributed by atoms with van der Waals surface area (Å²) in [4.78, 5) is 24.2. The first-order chi connectivity index (χ1) is 14.5. The zero-order valence-corrected chi connectivity index (χ0v) is 17.5. The highest BCUT2D eigenvalue weighted by molar-refractivity contribution is 6.32. The lowest BCUT2D eigenvalue weighted by Gasteiger charge is -2.11. The van der Waals surface area contributed by atoms with Gasteiger partial charge in [0.05, 0.1) is 24.4 Å². The molecule has 7 nitrogen and oxygen atoms in total. The molecule has 0 saturated carbocycles. The summed E-state index contributed by atoms with van der Waals surface area (Å²) < 4.78 is 12.0. The molecular formula is C22H22ClN3O4. The maximum Gasteiger partial charge on any atom is 0.266 e. The highest BCUT2D eigenvalue weighted by atomic mass is 35.5. The third-order valence-electron chi connectivity index (χ3n) is 4.32. The van der Waals surface area contributed by atoms with E-state index in [9.17, 15) is 9.59 Å². The number of hydrogen-bond donors (Lipinski definition) is 1. The van der Waals surface area contributed by atoms with Gasteiger partial charge in [0.2, 0.25) is 0 Å². The van der Waals surface area contributed by atoms with Crippen LogP contribution in [0.2, 0.25) is 5.02 Å². The number of carbonyl (C=O) groups is 1. The number of carbonyl (C=O) groups excluding carboxylic acids is 1. The minimum absolute atomic E-state index is 0.171. The molecular weight excluding hydrogens is 406 g/mol. The van der Waals surface area contributed by atoms with Crippen molar-refractivity contribution in [3.05, 3.63) is 75.5 Å². The van der Waals surface area contributed by atoms with E-state index in [1.807, 2.05) is 37.3 Å². The molecule has 0 atom stereocenters. The predicted octanol–water partition coefficient (Wildman–Crippen LogP) is 3.08. The van der Waals surface area contributed by atoms with Crippen LogP contribution in [0.1, 0.15) is 5.56 Å². The van der Waals surface area contributed by atoms with Gasteiger partial charge in [-0.15, -0.1) is 0 Å². The molecule has 0 saturated heterocycles. The van der Waals surface area contributed by atoms with Crippen molar-refractivity contribution >= 4 is 17.5 Å². The summed E-state index contributed by atoms with van der Waals surface area (Å²) in [5.41, 5.74) is 2.20. The third-order valence-corrected chi connectivity index (χ3v) is 4.64. The maximum atomic E-state index is 12.1. The van der Waals surface area contributed by atoms with Crippen LogP contribution in [0.5, 0.6) is 11.5 Å². The van der Waals surface area contributed by atoms with E-state index in [0.717, 1.165) is 11.1 Å². The van der Waals surface area contributed by atoms with Gasteiger partial charge in [0.15, 0.2) is 6.61 Å². The number of benzene rings is 2. The summed E-state index contributed by atoms with van der Waals surface area (Å²) >= 11 is 6.05. The monoisotopic (exact) mass is 427 g/mol. The summed E-state index contributed by atoms with van der Waals surface area (Å²) in [6, 6.07) is 15.9. The fourth-order valence-corrected chi connectivity index (χ4v) is 2.93. The minimum Gasteiger partial charge on any atom is -0.497 e. The summed E-state index contributed by atoms with van der Waals surface area (Å²) in [6.45, 7) is 2.20. The van der Waals surface area contributed by atoms with Gasteiger partial charge in [-0.3, -0.25) is 9.59 Å². The number of aromatic nitrogens is 2. The van der Waals surface area contributed by atoms with E-state index in [0.29, 0.717) is 22.2 Å². The Hall–Kier alpha value is -3.32. The first-order valence-electron chi connectivity index (χ1n) is 9.34. The van der Waals surface area contributed by atoms with Crippen LogP contribution in [0.4, 0.5) is 0 Å². The van der Waals surface area contributed by atoms with E-state index in [4.69, 9.17) is 21.1 Å². The van der Waals surface area contributed by atoms with Gasteiger partial charge in [-0.25, -0.2) is 4.68 Å². The second-order valence-corrected chi connectivity index (χ2v) is 6.99. The molecule has 0 aliphatic rings. The van der Waals surface area contributed by atoms with Crippen molar-refractivity contribution < 1.29 is 14.3 Å². The van der Waals surface area contributed by atoms with Crippen LogP contribution in [0.3, 0.4) is 0 Å². The minimum atomic E-state index is -0.315. The molecule has 8 heteroatoms. The van der Waals surface area contributed by atoms with Crippen molar-refractivity contribution in [2.45, 2.75) is 13.5 Å². The van der Waals surface area contributed by atoms with E-state index in [1.165, 1.54) is 10.7 Å². The second kappa shape index (κ2) is 9.93. The molecule has 3 rings (SSSR count). The van der Waals surface area contributed by atoms with E-state index in [1.54, 1.807) is 25.3 Å². The Morgan fingerprint density at radius 2 is 2.00 bits per heavy atom. The standard InChI is InChI=1S/C22H22ClN3O4/c1-15-6-7-18(23)20(12-15)30-14-21(27)24-10-11-26-22(28)9-8-19(25-26)16-4-3-5-17(13-16)29-2/h3-9,12-13H,10-11,14H2,1-2H3,(H,24,27). The van der Waals surface area contributed by atoms with Gasteiger partial charge in [0, 0.05) is 18.2 Å². The van der Waals surface area contributed by atoms with Crippen molar-refractivity contribution in [1.82, 2.24) is 15.1 Å². The van der Waals surface area contributed by atoms with Gasteiger partial charge >= 0.3 is 0 Å². The molecule has 0 aliphatic heterocycles. The Balaban J connectivity index is 1.57. The summed E-state index contributed by atoms with van der Waals surface area (Å²) in [6.07, 6.45) is 0. The summed E-state index contributed by atoms with van der Waals surface area (Å²) in [7, 11) is 1.59. The zero-order chi connectivity index (χ0) is 21.5. The molecule has 1 amide bonds. The number of nitrogens with zero attached hydrogens (tertiary/aromatic N) is 2. The molecule has 0 bridgehead atoms. The summed E-state index contributed by atoms with van der Waals surface area (Å²) in [5, 5.41) is 7.53. The first kappa shape index (κ1) is 21.4. The van der Waals surface area contributed by atoms with Gasteiger partial charge in [-0.2, -0.15) is 5.10 Å². The fourth-order valence-electron chi connectivity index (χ4n) is 2.76. The average Bonchev–Trinajstić information content (AvgIpc) is 2.75. The molecule has 1 N–H and O–H groups in total. The molecule has 0 spiro atoms. The van der Waals surface area contributed by atoms with Crippen LogP contribution < -0.4 is 20.3 Å². The second-order valence-electron chi connectivity index (χ2n) is 6.58. The number of halogens is 1. The van der Waals surface area contributed by atoms with Crippen LogP contribution in [-0.4, -0.2) is 35.9 Å². The Labute approximate surface area is 179 Å². The fraction of sp³-hybridized carbons (Fsp3) is 0.227. The van der Waals surface area contributed by atoms with Gasteiger partial charge < -0.3 is 14.8 Å². The molecule has 0 radical (unpaired) electrons. The van der Waals surface area contributed by atoms with Crippen LogP contribution in [-0.2, 0) is 11.3 Å². The molecule has 0 fully saturated rings. The predicted molar refractivity (Wildman–Crippen MR) is 115 cm³/mol. The Bertz CT molecular complexity index is 1100. The topological polar surface area (TPSA) is 82.5 Å². The summed E-state index contributed by atoms with van der Waals surface area (Å²) in [5.74, 6) is 0.841. The Morgan fingerprint density at radius 1 is 1.17 bits per heavy atom. The number of nitrogens with one attached hydrogen (secondary N) is 1. The molecule has 3 aromatic rings. The molecule has 1 heterocycles. The van der Waals surface area contributed by atoms with Crippen molar-refractivity contribution in [2.24, 2.45) is 0 Å². The molecule has 0 unspecified atom stereocenters. The number of methoxy groups -OCH3 is 1. The van der Waals surface area contributed by atoms with E-state index >= 15 is 0 Å². The third kappa shape index (κ3) is 5.61. The largest absolute Gasteiger partial charge is 0.497 e. The van der Waals surface area contributed by atoms with Crippen molar-refractivity contribution in [3.63, 3.8) is 0 Å². The van der Waals surface area contributed by atoms with Crippen molar-refractivity contribution in [1.29, 1.82) is 0 Å². The number of hydrogen-bond acceptors (Lipinski definition) is 5. The molecule has 156 valence electrons. The van der Waals surface area contributed by atoms with Crippen molar-refractivity contribution in [3.8, 4) is 22.8 Å². The highest BCUT2D eigenvalue weighted by Gasteiger charge is 2.08. The number of ether oxygens (including phenoxy) is 2. The first-order valence-corrected chi connectivity index (χ1v) is 9.72. The van der Waals surface area contributed by atoms with Gasteiger partial charge in [0.1, 0.15) is 11.5 Å². The average molecular weight is 428 g/mol. The van der Waals surface area contributed by atoms with Crippen LogP contribution >= 0.6 is 11.6 Å². The lowest BCUT2D eigenvalue weighted by molar-refractivity contribution is -0.123. The van der Waals surface area contributed by atoms with Crippen molar-refractivity contribution in [2.75, 3.05) is 20.3 Å². The lowest BCUT2D eigenvalue weighted by Crippen LogP contribution is -2.34. The number of aryl methyl sites for hydroxylation is 1. The SMILES string of the molecule is COc1cccc(-c2ccc(=O)n(CCNC(=O)COc3cc(C)ccc3Cl)n2)c1. The Morgan fingerprint density at radius 3 is 2.80 bits per heavy atom. The number of amides is 1. The molecule has 30 heavy (non-hydrogen) atoms. The quantitative estimate of drug-likeness (QED) is 0.597. The lowest BCUT2D eigenvalue weighted by atomic mass is 10.1. The molecule has 1 aromatic heterocycles. The molecule has 2 aromatic carbocycles. The van der Waals surface area contributed by atoms with E-state index < -0.39 is 0 Å². The van der Waals surface area contributed by atoms with Crippen LogP contribution in [0.25, 0.3) is 11.3 Å². The smallest absolute Gasteiger partial charge is 0.266 e. The van der Waals surface area contributed by atoms with Gasteiger partial charge in [0.25, 0.3) is 11.5 Å².